The minimum absolute atomic E-state index is 0.317. The van der Waals surface area contributed by atoms with Gasteiger partial charge >= 0.3 is 6.18 Å². The Morgan fingerprint density at radius 1 is 1.11 bits per heavy atom. The number of carbonyl (C=O) groups excluding carboxylic acids is 1. The van der Waals surface area contributed by atoms with Gasteiger partial charge in [0.05, 0.1) is 5.56 Å². The molecule has 27 heavy (non-hydrogen) atoms. The van der Waals surface area contributed by atoms with Gasteiger partial charge in [0.1, 0.15) is 0 Å². The Morgan fingerprint density at radius 3 is 2.63 bits per heavy atom. The summed E-state index contributed by atoms with van der Waals surface area (Å²) in [6, 6.07) is 14.6. The van der Waals surface area contributed by atoms with Crippen molar-refractivity contribution in [3.8, 4) is 0 Å². The Hall–Kier alpha value is -2.93. The summed E-state index contributed by atoms with van der Waals surface area (Å²) in [5, 5.41) is 3.06. The lowest BCUT2D eigenvalue weighted by atomic mass is 10.1. The number of halogens is 3. The fourth-order valence-electron chi connectivity index (χ4n) is 2.39. The predicted octanol–water partition coefficient (Wildman–Crippen LogP) is 5.40. The minimum Gasteiger partial charge on any atom is -0.298 e. The van der Waals surface area contributed by atoms with Crippen LogP contribution in [0.4, 0.5) is 18.3 Å². The fraction of sp³-hybridized carbons (Fsp3) is 0.100. The van der Waals surface area contributed by atoms with E-state index >= 15 is 0 Å². The van der Waals surface area contributed by atoms with Crippen LogP contribution in [-0.4, -0.2) is 10.9 Å². The molecule has 138 valence electrons. The third kappa shape index (κ3) is 5.52. The highest BCUT2D eigenvalue weighted by Gasteiger charge is 2.30. The molecule has 0 bridgehead atoms. The second kappa shape index (κ2) is 8.18. The number of hydrogen-bond donors (Lipinski definition) is 1. The van der Waals surface area contributed by atoms with Crippen LogP contribution in [0.15, 0.2) is 66.9 Å². The molecule has 0 aliphatic heterocycles. The first-order valence-corrected chi connectivity index (χ1v) is 8.87. The highest BCUT2D eigenvalue weighted by Crippen LogP contribution is 2.30. The number of nitrogens with one attached hydrogen (secondary N) is 1. The number of benzene rings is 2. The molecule has 3 nitrogen and oxygen atoms in total. The molecule has 3 rings (SSSR count). The van der Waals surface area contributed by atoms with E-state index in [0.29, 0.717) is 17.1 Å². The highest BCUT2D eigenvalue weighted by molar-refractivity contribution is 7.15. The van der Waals surface area contributed by atoms with Gasteiger partial charge in [0.25, 0.3) is 0 Å². The number of nitrogens with zero attached hydrogens (tertiary/aromatic N) is 1. The van der Waals surface area contributed by atoms with Gasteiger partial charge in [0.15, 0.2) is 5.13 Å². The number of hydrogen-bond acceptors (Lipinski definition) is 3. The van der Waals surface area contributed by atoms with Gasteiger partial charge in [-0.25, -0.2) is 4.98 Å². The van der Waals surface area contributed by atoms with Crippen molar-refractivity contribution < 1.29 is 18.0 Å². The average Bonchev–Trinajstić information content (AvgIpc) is 3.07. The van der Waals surface area contributed by atoms with E-state index in [1.165, 1.54) is 23.5 Å². The van der Waals surface area contributed by atoms with E-state index in [1.54, 1.807) is 18.3 Å². The number of alkyl halides is 3. The molecule has 7 heteroatoms. The van der Waals surface area contributed by atoms with Crippen LogP contribution in [0.2, 0.25) is 0 Å². The van der Waals surface area contributed by atoms with Gasteiger partial charge in [-0.3, -0.25) is 10.1 Å². The molecule has 0 aliphatic carbocycles. The second-order valence-electron chi connectivity index (χ2n) is 5.74. The van der Waals surface area contributed by atoms with Gasteiger partial charge in [-0.2, -0.15) is 13.2 Å². The molecule has 0 unspecified atom stereocenters. The van der Waals surface area contributed by atoms with E-state index in [1.807, 2.05) is 30.3 Å². The van der Waals surface area contributed by atoms with E-state index in [2.05, 4.69) is 10.3 Å². The molecule has 3 aromatic rings. The smallest absolute Gasteiger partial charge is 0.298 e. The number of carbonyl (C=O) groups is 1. The molecule has 1 heterocycles. The number of rotatable bonds is 5. The van der Waals surface area contributed by atoms with Crippen molar-refractivity contribution in [1.29, 1.82) is 0 Å². The van der Waals surface area contributed by atoms with E-state index in [0.717, 1.165) is 22.6 Å². The van der Waals surface area contributed by atoms with Crippen molar-refractivity contribution in [2.45, 2.75) is 12.6 Å². The van der Waals surface area contributed by atoms with E-state index in [4.69, 9.17) is 0 Å². The third-order valence-corrected chi connectivity index (χ3v) is 4.56. The fourth-order valence-corrected chi connectivity index (χ4v) is 3.24. The lowest BCUT2D eigenvalue weighted by Crippen LogP contribution is -2.07. The molecule has 0 spiro atoms. The first-order valence-electron chi connectivity index (χ1n) is 8.05. The summed E-state index contributed by atoms with van der Waals surface area (Å²) in [5.41, 5.74) is 0.761. The number of thiazole rings is 1. The second-order valence-corrected chi connectivity index (χ2v) is 6.86. The molecule has 0 atom stereocenters. The monoisotopic (exact) mass is 388 g/mol. The maximum atomic E-state index is 12.8. The largest absolute Gasteiger partial charge is 0.416 e. The van der Waals surface area contributed by atoms with Crippen molar-refractivity contribution >= 4 is 28.5 Å². The van der Waals surface area contributed by atoms with E-state index in [9.17, 15) is 18.0 Å². The maximum absolute atomic E-state index is 12.8. The summed E-state index contributed by atoms with van der Waals surface area (Å²) >= 11 is 1.23. The number of anilines is 1. The van der Waals surface area contributed by atoms with Crippen LogP contribution in [0.1, 0.15) is 21.6 Å². The predicted molar refractivity (Wildman–Crippen MR) is 100 cm³/mol. The normalized spacial score (nSPS) is 11.7. The molecule has 1 amide bonds. The summed E-state index contributed by atoms with van der Waals surface area (Å²) in [4.78, 5) is 16.8. The Labute approximate surface area is 158 Å². The Bertz CT molecular complexity index is 949. The molecule has 0 saturated heterocycles. The first kappa shape index (κ1) is 18.8. The van der Waals surface area contributed by atoms with Gasteiger partial charge in [-0.1, -0.05) is 48.5 Å². The summed E-state index contributed by atoms with van der Waals surface area (Å²) in [6.45, 7) is 0. The molecule has 2 aromatic carbocycles. The quantitative estimate of drug-likeness (QED) is 0.594. The number of aromatic nitrogens is 1. The van der Waals surface area contributed by atoms with Crippen LogP contribution in [0, 0.1) is 0 Å². The Morgan fingerprint density at radius 2 is 1.89 bits per heavy atom. The molecule has 0 radical (unpaired) electrons. The van der Waals surface area contributed by atoms with Gasteiger partial charge in [0.2, 0.25) is 5.91 Å². The Kier molecular flexibility index (Phi) is 5.71. The van der Waals surface area contributed by atoms with Crippen LogP contribution < -0.4 is 5.32 Å². The van der Waals surface area contributed by atoms with Crippen molar-refractivity contribution in [2.24, 2.45) is 0 Å². The van der Waals surface area contributed by atoms with E-state index in [-0.39, 0.29) is 5.91 Å². The van der Waals surface area contributed by atoms with Gasteiger partial charge < -0.3 is 0 Å². The lowest BCUT2D eigenvalue weighted by molar-refractivity contribution is -0.137. The zero-order valence-corrected chi connectivity index (χ0v) is 14.8. The van der Waals surface area contributed by atoms with Gasteiger partial charge in [0, 0.05) is 23.6 Å². The summed E-state index contributed by atoms with van der Waals surface area (Å²) in [7, 11) is 0. The SMILES string of the molecule is O=C(/C=C/c1ccccc1)Nc1ncc(Cc2cccc(C(F)(F)F)c2)s1. The van der Waals surface area contributed by atoms with Crippen molar-refractivity contribution in [3.63, 3.8) is 0 Å². The van der Waals surface area contributed by atoms with Crippen LogP contribution in [-0.2, 0) is 17.4 Å². The van der Waals surface area contributed by atoms with Gasteiger partial charge in [-0.05, 0) is 23.3 Å². The summed E-state index contributed by atoms with van der Waals surface area (Å²) in [6.07, 6.45) is 0.600. The first-order chi connectivity index (χ1) is 12.9. The van der Waals surface area contributed by atoms with Crippen LogP contribution >= 0.6 is 11.3 Å². The zero-order chi connectivity index (χ0) is 19.3. The van der Waals surface area contributed by atoms with Crippen LogP contribution in [0.25, 0.3) is 6.08 Å². The lowest BCUT2D eigenvalue weighted by Gasteiger charge is -2.07. The molecular weight excluding hydrogens is 373 g/mol. The molecule has 0 saturated carbocycles. The summed E-state index contributed by atoms with van der Waals surface area (Å²) < 4.78 is 38.4. The third-order valence-electron chi connectivity index (χ3n) is 3.64. The summed E-state index contributed by atoms with van der Waals surface area (Å²) in [5.74, 6) is -0.321. The van der Waals surface area contributed by atoms with Crippen LogP contribution in [0.3, 0.4) is 0 Å². The number of amides is 1. The van der Waals surface area contributed by atoms with Crippen molar-refractivity contribution in [2.75, 3.05) is 5.32 Å². The Balaban J connectivity index is 1.62. The standard InChI is InChI=1S/C20H15F3N2OS/c21-20(22,23)16-8-4-7-15(11-16)12-17-13-24-19(27-17)25-18(26)10-9-14-5-2-1-3-6-14/h1-11,13H,12H2,(H,24,25,26)/b10-9+. The van der Waals surface area contributed by atoms with Gasteiger partial charge in [-0.15, -0.1) is 11.3 Å². The molecule has 0 aliphatic rings. The van der Waals surface area contributed by atoms with Crippen molar-refractivity contribution in [3.05, 3.63) is 88.4 Å². The molecule has 1 aromatic heterocycles. The molecule has 1 N–H and O–H groups in total. The maximum Gasteiger partial charge on any atom is 0.416 e. The average molecular weight is 388 g/mol. The highest BCUT2D eigenvalue weighted by atomic mass is 32.1. The minimum atomic E-state index is -4.37. The molecular formula is C20H15F3N2OS. The zero-order valence-electron chi connectivity index (χ0n) is 14.0. The molecule has 0 fully saturated rings. The van der Waals surface area contributed by atoms with Crippen LogP contribution in [0.5, 0.6) is 0 Å². The van der Waals surface area contributed by atoms with E-state index < -0.39 is 11.7 Å². The topological polar surface area (TPSA) is 42.0 Å². The van der Waals surface area contributed by atoms with Crippen molar-refractivity contribution in [1.82, 2.24) is 4.98 Å².